The molecule has 2 aromatic rings. The molecule has 3 rings (SSSR count). The van der Waals surface area contributed by atoms with Gasteiger partial charge in [0.05, 0.1) is 30.1 Å². The van der Waals surface area contributed by atoms with Gasteiger partial charge in [0.15, 0.2) is 11.5 Å². The molecular weight excluding hydrogens is 300 g/mol. The van der Waals surface area contributed by atoms with Crippen molar-refractivity contribution in [3.8, 4) is 11.5 Å². The predicted molar refractivity (Wildman–Crippen MR) is 89.5 cm³/mol. The normalized spacial score (nSPS) is 13.9. The fraction of sp³-hybridized carbons (Fsp3) is 0.235. The van der Waals surface area contributed by atoms with E-state index in [9.17, 15) is 0 Å². The van der Waals surface area contributed by atoms with Gasteiger partial charge in [-0.3, -0.25) is 5.01 Å². The van der Waals surface area contributed by atoms with Crippen molar-refractivity contribution < 1.29 is 9.47 Å². The number of para-hydroxylation sites is 1. The Hall–Kier alpha value is -2.20. The Balaban J connectivity index is 1.82. The molecule has 0 amide bonds. The minimum absolute atomic E-state index is 0.545. The lowest BCUT2D eigenvalue weighted by Gasteiger charge is -2.13. The number of hydrogen-bond donors (Lipinski definition) is 0. The molecular formula is C17H17ClN2O2. The van der Waals surface area contributed by atoms with Crippen molar-refractivity contribution in [1.29, 1.82) is 0 Å². The zero-order valence-electron chi connectivity index (χ0n) is 12.3. The van der Waals surface area contributed by atoms with Crippen LogP contribution in [0.5, 0.6) is 11.5 Å². The number of fused-ring (bicyclic) bond motifs is 1. The van der Waals surface area contributed by atoms with E-state index in [-0.39, 0.29) is 0 Å². The first kappa shape index (κ1) is 14.7. The molecule has 0 fully saturated rings. The third kappa shape index (κ3) is 3.34. The number of rotatable bonds is 3. The maximum atomic E-state index is 6.27. The number of benzene rings is 2. The van der Waals surface area contributed by atoms with E-state index in [1.165, 1.54) is 0 Å². The van der Waals surface area contributed by atoms with Crippen LogP contribution in [0.15, 0.2) is 47.6 Å². The Kier molecular flexibility index (Phi) is 4.49. The van der Waals surface area contributed by atoms with Crippen LogP contribution < -0.4 is 14.5 Å². The van der Waals surface area contributed by atoms with Crippen molar-refractivity contribution in [2.75, 3.05) is 25.3 Å². The summed E-state index contributed by atoms with van der Waals surface area (Å²) < 4.78 is 11.3. The highest BCUT2D eigenvalue weighted by Crippen LogP contribution is 2.37. The number of hydrazone groups is 1. The quantitative estimate of drug-likeness (QED) is 0.634. The average molecular weight is 317 g/mol. The Bertz CT molecular complexity index is 674. The van der Waals surface area contributed by atoms with Gasteiger partial charge in [0.2, 0.25) is 0 Å². The summed E-state index contributed by atoms with van der Waals surface area (Å²) in [6.07, 6.45) is 2.61. The standard InChI is InChI=1S/C17H17ClN2O2/c1-20(14-6-3-2-4-7-14)19-12-13-10-15(18)17-16(11-13)21-8-5-9-22-17/h2-4,6-7,10-12H,5,8-9H2,1H3/b19-12-. The second-order valence-corrected chi connectivity index (χ2v) is 5.39. The molecule has 4 nitrogen and oxygen atoms in total. The van der Waals surface area contributed by atoms with E-state index >= 15 is 0 Å². The van der Waals surface area contributed by atoms with E-state index in [2.05, 4.69) is 5.10 Å². The van der Waals surface area contributed by atoms with Gasteiger partial charge in [0.25, 0.3) is 0 Å². The highest BCUT2D eigenvalue weighted by atomic mass is 35.5. The summed E-state index contributed by atoms with van der Waals surface area (Å²) in [4.78, 5) is 0. The van der Waals surface area contributed by atoms with Gasteiger partial charge < -0.3 is 9.47 Å². The average Bonchev–Trinajstić information content (AvgIpc) is 2.79. The zero-order chi connectivity index (χ0) is 15.4. The summed E-state index contributed by atoms with van der Waals surface area (Å²) in [5.74, 6) is 1.29. The SMILES string of the molecule is CN(/N=C\c1cc(Cl)c2c(c1)OCCCO2)c1ccccc1. The molecule has 0 saturated carbocycles. The molecule has 1 aliphatic heterocycles. The molecule has 0 aromatic heterocycles. The van der Waals surface area contributed by atoms with Crippen molar-refractivity contribution in [3.05, 3.63) is 53.1 Å². The Morgan fingerprint density at radius 1 is 1.14 bits per heavy atom. The van der Waals surface area contributed by atoms with Gasteiger partial charge in [0.1, 0.15) is 0 Å². The van der Waals surface area contributed by atoms with Crippen LogP contribution >= 0.6 is 11.6 Å². The Morgan fingerprint density at radius 2 is 1.91 bits per heavy atom. The van der Waals surface area contributed by atoms with Crippen LogP contribution in [0.25, 0.3) is 0 Å². The van der Waals surface area contributed by atoms with Crippen LogP contribution in [-0.4, -0.2) is 26.5 Å². The summed E-state index contributed by atoms with van der Waals surface area (Å²) in [6.45, 7) is 1.25. The van der Waals surface area contributed by atoms with Gasteiger partial charge in [0, 0.05) is 13.5 Å². The fourth-order valence-electron chi connectivity index (χ4n) is 2.19. The Labute approximate surface area is 134 Å². The van der Waals surface area contributed by atoms with E-state index in [1.54, 1.807) is 11.2 Å². The summed E-state index contributed by atoms with van der Waals surface area (Å²) in [6, 6.07) is 13.7. The molecule has 1 aliphatic rings. The molecule has 0 bridgehead atoms. The summed E-state index contributed by atoms with van der Waals surface area (Å²) in [7, 11) is 1.90. The van der Waals surface area contributed by atoms with Crippen molar-refractivity contribution in [3.63, 3.8) is 0 Å². The molecule has 114 valence electrons. The highest BCUT2D eigenvalue weighted by Gasteiger charge is 2.15. The fourth-order valence-corrected chi connectivity index (χ4v) is 2.46. The molecule has 0 N–H and O–H groups in total. The summed E-state index contributed by atoms with van der Waals surface area (Å²) in [5, 5.41) is 6.78. The lowest BCUT2D eigenvalue weighted by molar-refractivity contribution is 0.297. The number of ether oxygens (including phenoxy) is 2. The van der Waals surface area contributed by atoms with E-state index in [1.807, 2.05) is 49.5 Å². The third-order valence-electron chi connectivity index (χ3n) is 3.33. The van der Waals surface area contributed by atoms with Gasteiger partial charge in [-0.2, -0.15) is 5.10 Å². The predicted octanol–water partition coefficient (Wildman–Crippen LogP) is 3.97. The maximum Gasteiger partial charge on any atom is 0.179 e. The van der Waals surface area contributed by atoms with Crippen molar-refractivity contribution >= 4 is 23.5 Å². The van der Waals surface area contributed by atoms with Crippen molar-refractivity contribution in [2.24, 2.45) is 5.10 Å². The molecule has 1 heterocycles. The number of nitrogens with zero attached hydrogens (tertiary/aromatic N) is 2. The van der Waals surface area contributed by atoms with Gasteiger partial charge in [-0.05, 0) is 29.8 Å². The molecule has 2 aromatic carbocycles. The Morgan fingerprint density at radius 3 is 2.73 bits per heavy atom. The largest absolute Gasteiger partial charge is 0.489 e. The van der Waals surface area contributed by atoms with E-state index in [4.69, 9.17) is 21.1 Å². The van der Waals surface area contributed by atoms with Crippen molar-refractivity contribution in [2.45, 2.75) is 6.42 Å². The molecule has 5 heteroatoms. The third-order valence-corrected chi connectivity index (χ3v) is 3.62. The molecule has 0 aliphatic carbocycles. The minimum atomic E-state index is 0.545. The second-order valence-electron chi connectivity index (χ2n) is 4.98. The first-order valence-corrected chi connectivity index (χ1v) is 7.54. The maximum absolute atomic E-state index is 6.27. The molecule has 22 heavy (non-hydrogen) atoms. The van der Waals surface area contributed by atoms with Crippen LogP contribution in [0, 0.1) is 0 Å². The number of halogens is 1. The molecule has 0 spiro atoms. The number of anilines is 1. The second kappa shape index (κ2) is 6.71. The minimum Gasteiger partial charge on any atom is -0.489 e. The van der Waals surface area contributed by atoms with Crippen LogP contribution in [0.1, 0.15) is 12.0 Å². The van der Waals surface area contributed by atoms with E-state index in [0.717, 1.165) is 17.7 Å². The molecule has 0 atom stereocenters. The van der Waals surface area contributed by atoms with Gasteiger partial charge in [-0.25, -0.2) is 0 Å². The lowest BCUT2D eigenvalue weighted by atomic mass is 10.2. The smallest absolute Gasteiger partial charge is 0.179 e. The van der Waals surface area contributed by atoms with Crippen LogP contribution in [0.2, 0.25) is 5.02 Å². The van der Waals surface area contributed by atoms with Crippen LogP contribution in [0.4, 0.5) is 5.69 Å². The van der Waals surface area contributed by atoms with E-state index < -0.39 is 0 Å². The van der Waals surface area contributed by atoms with E-state index in [0.29, 0.717) is 29.7 Å². The van der Waals surface area contributed by atoms with Gasteiger partial charge in [-0.15, -0.1) is 0 Å². The van der Waals surface area contributed by atoms with Crippen molar-refractivity contribution in [1.82, 2.24) is 0 Å². The summed E-state index contributed by atoms with van der Waals surface area (Å²) in [5.41, 5.74) is 1.89. The van der Waals surface area contributed by atoms with Crippen LogP contribution in [0.3, 0.4) is 0 Å². The molecule has 0 unspecified atom stereocenters. The number of hydrogen-bond acceptors (Lipinski definition) is 4. The molecule has 0 radical (unpaired) electrons. The monoisotopic (exact) mass is 316 g/mol. The zero-order valence-corrected chi connectivity index (χ0v) is 13.1. The van der Waals surface area contributed by atoms with Gasteiger partial charge >= 0.3 is 0 Å². The lowest BCUT2D eigenvalue weighted by Crippen LogP contribution is -2.08. The topological polar surface area (TPSA) is 34.1 Å². The first-order valence-electron chi connectivity index (χ1n) is 7.16. The highest BCUT2D eigenvalue weighted by molar-refractivity contribution is 6.32. The molecule has 0 saturated heterocycles. The van der Waals surface area contributed by atoms with Gasteiger partial charge in [-0.1, -0.05) is 29.8 Å². The van der Waals surface area contributed by atoms with Crippen LogP contribution in [-0.2, 0) is 0 Å². The first-order chi connectivity index (χ1) is 10.7. The summed E-state index contributed by atoms with van der Waals surface area (Å²) >= 11 is 6.27.